The Bertz CT molecular complexity index is 1320. The summed E-state index contributed by atoms with van der Waals surface area (Å²) < 4.78 is 0. The van der Waals surface area contributed by atoms with Crippen LogP contribution in [0.25, 0.3) is 0 Å². The van der Waals surface area contributed by atoms with Gasteiger partial charge in [-0.1, -0.05) is 60.7 Å². The molecule has 2 unspecified atom stereocenters. The highest BCUT2D eigenvalue weighted by atomic mass is 16.2. The Morgan fingerprint density at radius 2 is 0.917 bits per heavy atom. The van der Waals surface area contributed by atoms with Gasteiger partial charge in [0.05, 0.1) is 22.8 Å². The summed E-state index contributed by atoms with van der Waals surface area (Å²) in [6, 6.07) is 23.8. The molecule has 2 aliphatic heterocycles. The zero-order valence-electron chi connectivity index (χ0n) is 19.7. The Morgan fingerprint density at radius 1 is 0.583 bits per heavy atom. The molecule has 0 N–H and O–H groups in total. The number of para-hydroxylation sites is 2. The van der Waals surface area contributed by atoms with Crippen LogP contribution in [-0.2, 0) is 9.59 Å². The smallest absolute Gasteiger partial charge is 0.264 e. The number of amides is 2. The van der Waals surface area contributed by atoms with Crippen molar-refractivity contribution in [1.82, 2.24) is 0 Å². The quantitative estimate of drug-likeness (QED) is 0.393. The van der Waals surface area contributed by atoms with E-state index in [0.29, 0.717) is 22.8 Å². The normalized spacial score (nSPS) is 19.4. The van der Waals surface area contributed by atoms with E-state index in [1.54, 1.807) is 62.4 Å². The Kier molecular flexibility index (Phi) is 5.85. The van der Waals surface area contributed by atoms with E-state index in [0.717, 1.165) is 0 Å². The molecule has 8 nitrogen and oxygen atoms in total. The first-order valence-electron chi connectivity index (χ1n) is 11.4. The molecule has 0 aliphatic carbocycles. The van der Waals surface area contributed by atoms with Gasteiger partial charge in [-0.25, -0.2) is 0 Å². The SMILES string of the molecule is CC1=NN(c2ccccc2)C(=O)C1C(=O)c1ccc(C(=O)C2C(=O)N(c3ccccc3)N=C2C)cc1. The van der Waals surface area contributed by atoms with Crippen molar-refractivity contribution in [3.8, 4) is 0 Å². The van der Waals surface area contributed by atoms with Gasteiger partial charge in [-0.3, -0.25) is 19.2 Å². The van der Waals surface area contributed by atoms with Crippen LogP contribution in [0, 0.1) is 11.8 Å². The Balaban J connectivity index is 1.33. The Hall–Kier alpha value is -4.72. The zero-order valence-corrected chi connectivity index (χ0v) is 19.7. The first kappa shape index (κ1) is 23.0. The van der Waals surface area contributed by atoms with E-state index in [1.165, 1.54) is 34.3 Å². The summed E-state index contributed by atoms with van der Waals surface area (Å²) in [5, 5.41) is 11.0. The lowest BCUT2D eigenvalue weighted by atomic mass is 9.90. The van der Waals surface area contributed by atoms with Gasteiger partial charge < -0.3 is 0 Å². The first-order chi connectivity index (χ1) is 17.4. The molecule has 0 saturated heterocycles. The van der Waals surface area contributed by atoms with Crippen LogP contribution >= 0.6 is 0 Å². The van der Waals surface area contributed by atoms with E-state index < -0.39 is 35.2 Å². The molecule has 2 aliphatic rings. The number of carbonyl (C=O) groups excluding carboxylic acids is 4. The fourth-order valence-corrected chi connectivity index (χ4v) is 4.38. The summed E-state index contributed by atoms with van der Waals surface area (Å²) in [6.45, 7) is 3.29. The van der Waals surface area contributed by atoms with E-state index in [1.807, 2.05) is 12.1 Å². The number of rotatable bonds is 6. The molecule has 3 aromatic carbocycles. The number of benzene rings is 3. The molecule has 36 heavy (non-hydrogen) atoms. The average Bonchev–Trinajstić information content (AvgIpc) is 3.38. The first-order valence-corrected chi connectivity index (χ1v) is 11.4. The summed E-state index contributed by atoms with van der Waals surface area (Å²) in [5.41, 5.74) is 2.53. The molecule has 178 valence electrons. The third kappa shape index (κ3) is 3.92. The second-order valence-electron chi connectivity index (χ2n) is 8.63. The van der Waals surface area contributed by atoms with Gasteiger partial charge in [0.15, 0.2) is 11.6 Å². The maximum Gasteiger partial charge on any atom is 0.264 e. The summed E-state index contributed by atoms with van der Waals surface area (Å²) >= 11 is 0. The van der Waals surface area contributed by atoms with E-state index in [-0.39, 0.29) is 11.1 Å². The number of hydrazone groups is 2. The fraction of sp³-hybridized carbons (Fsp3) is 0.143. The molecule has 0 spiro atoms. The molecule has 0 fully saturated rings. The number of hydrogen-bond donors (Lipinski definition) is 0. The lowest BCUT2D eigenvalue weighted by Gasteiger charge is -2.14. The molecule has 5 rings (SSSR count). The predicted molar refractivity (Wildman–Crippen MR) is 136 cm³/mol. The summed E-state index contributed by atoms with van der Waals surface area (Å²) in [5.74, 6) is -3.71. The maximum absolute atomic E-state index is 13.2. The minimum absolute atomic E-state index is 0.281. The molecule has 8 heteroatoms. The number of ketones is 2. The molecular weight excluding hydrogens is 456 g/mol. The van der Waals surface area contributed by atoms with Gasteiger partial charge in [0.25, 0.3) is 11.8 Å². The van der Waals surface area contributed by atoms with Crippen molar-refractivity contribution < 1.29 is 19.2 Å². The van der Waals surface area contributed by atoms with Gasteiger partial charge in [-0.2, -0.15) is 20.2 Å². The molecule has 2 amide bonds. The zero-order chi connectivity index (χ0) is 25.4. The number of carbonyl (C=O) groups is 4. The second kappa shape index (κ2) is 9.14. The Labute approximate surface area is 207 Å². The number of anilines is 2. The van der Waals surface area contributed by atoms with Crippen molar-refractivity contribution in [2.45, 2.75) is 13.8 Å². The fourth-order valence-electron chi connectivity index (χ4n) is 4.38. The third-order valence-electron chi connectivity index (χ3n) is 6.24. The highest BCUT2D eigenvalue weighted by molar-refractivity contribution is 6.31. The van der Waals surface area contributed by atoms with Crippen LogP contribution in [0.4, 0.5) is 11.4 Å². The van der Waals surface area contributed by atoms with Crippen molar-refractivity contribution in [2.24, 2.45) is 22.0 Å². The Morgan fingerprint density at radius 3 is 1.25 bits per heavy atom. The highest BCUT2D eigenvalue weighted by Crippen LogP contribution is 2.28. The van der Waals surface area contributed by atoms with Gasteiger partial charge >= 0.3 is 0 Å². The largest absolute Gasteiger partial charge is 0.293 e. The summed E-state index contributed by atoms with van der Waals surface area (Å²) in [6.07, 6.45) is 0. The van der Waals surface area contributed by atoms with E-state index in [2.05, 4.69) is 10.2 Å². The molecule has 2 atom stereocenters. The van der Waals surface area contributed by atoms with E-state index in [9.17, 15) is 19.2 Å². The van der Waals surface area contributed by atoms with Crippen LogP contribution < -0.4 is 10.0 Å². The maximum atomic E-state index is 13.2. The summed E-state index contributed by atoms with van der Waals surface area (Å²) in [4.78, 5) is 52.3. The van der Waals surface area contributed by atoms with Crippen LogP contribution in [0.1, 0.15) is 34.6 Å². The minimum Gasteiger partial charge on any atom is -0.293 e. The standard InChI is InChI=1S/C28H22N4O4/c1-17-23(27(35)31(29-17)21-9-5-3-6-10-21)25(33)19-13-15-20(16-14-19)26(34)24-18(2)30-32(28(24)36)22-11-7-4-8-12-22/h3-16,23-24H,1-2H3. The molecular formula is C28H22N4O4. The van der Waals surface area contributed by atoms with Gasteiger partial charge in [-0.15, -0.1) is 0 Å². The molecule has 0 saturated carbocycles. The number of hydrogen-bond acceptors (Lipinski definition) is 6. The van der Waals surface area contributed by atoms with E-state index in [4.69, 9.17) is 0 Å². The average molecular weight is 479 g/mol. The van der Waals surface area contributed by atoms with Crippen molar-refractivity contribution in [1.29, 1.82) is 0 Å². The van der Waals surface area contributed by atoms with Crippen LogP contribution in [0.5, 0.6) is 0 Å². The third-order valence-corrected chi connectivity index (χ3v) is 6.24. The van der Waals surface area contributed by atoms with Crippen LogP contribution in [-0.4, -0.2) is 34.8 Å². The van der Waals surface area contributed by atoms with Gasteiger partial charge in [0.2, 0.25) is 0 Å². The van der Waals surface area contributed by atoms with E-state index >= 15 is 0 Å². The highest BCUT2D eigenvalue weighted by Gasteiger charge is 2.41. The van der Waals surface area contributed by atoms with Crippen LogP contribution in [0.15, 0.2) is 95.1 Å². The summed E-state index contributed by atoms with van der Waals surface area (Å²) in [7, 11) is 0. The lowest BCUT2D eigenvalue weighted by Crippen LogP contribution is -2.33. The topological polar surface area (TPSA) is 99.5 Å². The monoisotopic (exact) mass is 478 g/mol. The second-order valence-corrected chi connectivity index (χ2v) is 8.63. The van der Waals surface area contributed by atoms with Crippen molar-refractivity contribution in [3.63, 3.8) is 0 Å². The lowest BCUT2D eigenvalue weighted by molar-refractivity contribution is -0.119. The van der Waals surface area contributed by atoms with Crippen molar-refractivity contribution in [2.75, 3.05) is 10.0 Å². The van der Waals surface area contributed by atoms with Gasteiger partial charge in [-0.05, 0) is 38.1 Å². The number of nitrogens with zero attached hydrogens (tertiary/aromatic N) is 4. The number of Topliss-reactive ketones (excluding diaryl/α,β-unsaturated/α-hetero) is 2. The molecule has 2 heterocycles. The van der Waals surface area contributed by atoms with Crippen molar-refractivity contribution >= 4 is 46.2 Å². The molecule has 0 aromatic heterocycles. The molecule has 3 aromatic rings. The van der Waals surface area contributed by atoms with Crippen molar-refractivity contribution in [3.05, 3.63) is 96.1 Å². The van der Waals surface area contributed by atoms with Crippen LogP contribution in [0.3, 0.4) is 0 Å². The van der Waals surface area contributed by atoms with Gasteiger partial charge in [0.1, 0.15) is 11.8 Å². The molecule has 0 radical (unpaired) electrons. The predicted octanol–water partition coefficient (Wildman–Crippen LogP) is 4.13. The van der Waals surface area contributed by atoms with Crippen LogP contribution in [0.2, 0.25) is 0 Å². The van der Waals surface area contributed by atoms with Gasteiger partial charge in [0, 0.05) is 11.1 Å². The molecule has 0 bridgehead atoms. The minimum atomic E-state index is -1.03.